The molecule has 1 saturated heterocycles. The zero-order valence-corrected chi connectivity index (χ0v) is 10.6. The molecule has 1 aromatic rings. The van der Waals surface area contributed by atoms with E-state index in [2.05, 4.69) is 33.8 Å². The van der Waals surface area contributed by atoms with Crippen LogP contribution in [0.3, 0.4) is 0 Å². The minimum atomic E-state index is 0.934. The standard InChI is InChI=1S/C12H15NS2/c1-14-12-10-15-9-11(12)5-4-8-13-6-2-3-7-13/h9-10H,2-3,6-8H2,1H3. The second-order valence-electron chi connectivity index (χ2n) is 3.64. The average Bonchev–Trinajstić information content (AvgIpc) is 2.88. The summed E-state index contributed by atoms with van der Waals surface area (Å²) in [6.07, 6.45) is 4.79. The number of thiophene rings is 1. The molecule has 2 rings (SSSR count). The maximum atomic E-state index is 3.27. The lowest BCUT2D eigenvalue weighted by molar-refractivity contribution is 0.383. The molecule has 0 amide bonds. The van der Waals surface area contributed by atoms with Crippen molar-refractivity contribution >= 4 is 23.1 Å². The van der Waals surface area contributed by atoms with Gasteiger partial charge in [-0.1, -0.05) is 11.8 Å². The summed E-state index contributed by atoms with van der Waals surface area (Å²) < 4.78 is 0. The summed E-state index contributed by atoms with van der Waals surface area (Å²) in [7, 11) is 0. The number of rotatable bonds is 2. The molecule has 1 fully saturated rings. The molecule has 0 unspecified atom stereocenters. The summed E-state index contributed by atoms with van der Waals surface area (Å²) >= 11 is 3.52. The molecule has 0 atom stereocenters. The molecule has 0 N–H and O–H groups in total. The first-order chi connectivity index (χ1) is 7.40. The van der Waals surface area contributed by atoms with Crippen molar-refractivity contribution in [2.24, 2.45) is 0 Å². The molecule has 0 bridgehead atoms. The lowest BCUT2D eigenvalue weighted by Crippen LogP contribution is -2.18. The lowest BCUT2D eigenvalue weighted by atomic mass is 10.3. The van der Waals surface area contributed by atoms with Crippen molar-refractivity contribution in [3.05, 3.63) is 16.3 Å². The van der Waals surface area contributed by atoms with Crippen molar-refractivity contribution in [1.82, 2.24) is 4.90 Å². The minimum Gasteiger partial charge on any atom is -0.292 e. The highest BCUT2D eigenvalue weighted by atomic mass is 32.2. The van der Waals surface area contributed by atoms with E-state index in [1.54, 1.807) is 23.1 Å². The lowest BCUT2D eigenvalue weighted by Gasteiger charge is -2.08. The Morgan fingerprint density at radius 2 is 2.20 bits per heavy atom. The van der Waals surface area contributed by atoms with Crippen LogP contribution in [0.1, 0.15) is 18.4 Å². The summed E-state index contributed by atoms with van der Waals surface area (Å²) in [6, 6.07) is 0. The Balaban J connectivity index is 1.92. The molecule has 1 aliphatic rings. The number of likely N-dealkylation sites (tertiary alicyclic amines) is 1. The van der Waals surface area contributed by atoms with Gasteiger partial charge in [-0.3, -0.25) is 4.90 Å². The molecule has 2 heterocycles. The molecule has 0 saturated carbocycles. The van der Waals surface area contributed by atoms with Crippen LogP contribution in [0.25, 0.3) is 0 Å². The van der Waals surface area contributed by atoms with Gasteiger partial charge in [0.1, 0.15) is 0 Å². The van der Waals surface area contributed by atoms with Crippen LogP contribution in [-0.4, -0.2) is 30.8 Å². The van der Waals surface area contributed by atoms with Gasteiger partial charge in [-0.15, -0.1) is 23.1 Å². The van der Waals surface area contributed by atoms with Gasteiger partial charge in [-0.25, -0.2) is 0 Å². The number of nitrogens with zero attached hydrogens (tertiary/aromatic N) is 1. The fraction of sp³-hybridized carbons (Fsp3) is 0.500. The van der Waals surface area contributed by atoms with Crippen molar-refractivity contribution < 1.29 is 0 Å². The van der Waals surface area contributed by atoms with Crippen LogP contribution in [0.4, 0.5) is 0 Å². The summed E-state index contributed by atoms with van der Waals surface area (Å²) in [6.45, 7) is 3.39. The van der Waals surface area contributed by atoms with Gasteiger partial charge in [-0.2, -0.15) is 0 Å². The fourth-order valence-corrected chi connectivity index (χ4v) is 3.32. The summed E-state index contributed by atoms with van der Waals surface area (Å²) in [5.74, 6) is 6.54. The van der Waals surface area contributed by atoms with Crippen LogP contribution in [0.15, 0.2) is 15.7 Å². The van der Waals surface area contributed by atoms with Crippen LogP contribution in [0.2, 0.25) is 0 Å². The Labute approximate surface area is 99.9 Å². The zero-order valence-electron chi connectivity index (χ0n) is 8.95. The number of hydrogen-bond acceptors (Lipinski definition) is 3. The van der Waals surface area contributed by atoms with Gasteiger partial charge in [0.25, 0.3) is 0 Å². The molecule has 15 heavy (non-hydrogen) atoms. The van der Waals surface area contributed by atoms with E-state index in [9.17, 15) is 0 Å². The average molecular weight is 237 g/mol. The van der Waals surface area contributed by atoms with Crippen molar-refractivity contribution in [3.63, 3.8) is 0 Å². The molecule has 1 aliphatic heterocycles. The predicted molar refractivity (Wildman–Crippen MR) is 68.7 cm³/mol. The molecule has 80 valence electrons. The van der Waals surface area contributed by atoms with E-state index in [1.807, 2.05) is 0 Å². The van der Waals surface area contributed by atoms with Gasteiger partial charge in [0.05, 0.1) is 6.54 Å². The van der Waals surface area contributed by atoms with E-state index in [0.717, 1.165) is 6.54 Å². The van der Waals surface area contributed by atoms with Crippen LogP contribution >= 0.6 is 23.1 Å². The van der Waals surface area contributed by atoms with E-state index in [-0.39, 0.29) is 0 Å². The fourth-order valence-electron chi connectivity index (χ4n) is 1.72. The first kappa shape index (κ1) is 11.1. The SMILES string of the molecule is CSc1cscc1C#CCN1CCCC1. The molecule has 0 spiro atoms. The Kier molecular flexibility index (Phi) is 4.13. The van der Waals surface area contributed by atoms with Crippen LogP contribution in [0, 0.1) is 11.8 Å². The quantitative estimate of drug-likeness (QED) is 0.575. The Morgan fingerprint density at radius 3 is 2.93 bits per heavy atom. The molecule has 0 aromatic carbocycles. The van der Waals surface area contributed by atoms with Crippen molar-refractivity contribution in [3.8, 4) is 11.8 Å². The summed E-state index contributed by atoms with van der Waals surface area (Å²) in [4.78, 5) is 3.74. The normalized spacial score (nSPS) is 16.3. The van der Waals surface area contributed by atoms with Crippen LogP contribution < -0.4 is 0 Å². The van der Waals surface area contributed by atoms with Crippen LogP contribution in [0.5, 0.6) is 0 Å². The maximum Gasteiger partial charge on any atom is 0.0605 e. The highest BCUT2D eigenvalue weighted by Crippen LogP contribution is 2.23. The number of thioether (sulfide) groups is 1. The Morgan fingerprint density at radius 1 is 1.40 bits per heavy atom. The molecular weight excluding hydrogens is 222 g/mol. The molecule has 1 aromatic heterocycles. The molecule has 1 nitrogen and oxygen atoms in total. The highest BCUT2D eigenvalue weighted by molar-refractivity contribution is 7.98. The topological polar surface area (TPSA) is 3.24 Å². The molecular formula is C12H15NS2. The van der Waals surface area contributed by atoms with Crippen molar-refractivity contribution in [2.75, 3.05) is 25.9 Å². The van der Waals surface area contributed by atoms with E-state index in [4.69, 9.17) is 0 Å². The van der Waals surface area contributed by atoms with E-state index in [0.29, 0.717) is 0 Å². The van der Waals surface area contributed by atoms with Gasteiger partial charge >= 0.3 is 0 Å². The highest BCUT2D eigenvalue weighted by Gasteiger charge is 2.08. The first-order valence-electron chi connectivity index (χ1n) is 5.21. The van der Waals surface area contributed by atoms with Gasteiger partial charge in [-0.05, 0) is 32.2 Å². The third kappa shape index (κ3) is 3.01. The Bertz CT molecular complexity index is 366. The monoisotopic (exact) mass is 237 g/mol. The molecule has 0 radical (unpaired) electrons. The summed E-state index contributed by atoms with van der Waals surface area (Å²) in [5.41, 5.74) is 1.20. The van der Waals surface area contributed by atoms with Gasteiger partial charge < -0.3 is 0 Å². The van der Waals surface area contributed by atoms with Gasteiger partial charge in [0, 0.05) is 21.2 Å². The van der Waals surface area contributed by atoms with Crippen molar-refractivity contribution in [2.45, 2.75) is 17.7 Å². The van der Waals surface area contributed by atoms with E-state index in [1.165, 1.54) is 36.4 Å². The maximum absolute atomic E-state index is 3.27. The van der Waals surface area contributed by atoms with E-state index >= 15 is 0 Å². The molecule has 3 heteroatoms. The zero-order chi connectivity index (χ0) is 10.5. The Hall–Kier alpha value is -0.430. The second kappa shape index (κ2) is 5.60. The number of hydrogen-bond donors (Lipinski definition) is 0. The van der Waals surface area contributed by atoms with Crippen LogP contribution in [-0.2, 0) is 0 Å². The molecule has 0 aliphatic carbocycles. The largest absolute Gasteiger partial charge is 0.292 e. The second-order valence-corrected chi connectivity index (χ2v) is 5.23. The van der Waals surface area contributed by atoms with E-state index < -0.39 is 0 Å². The van der Waals surface area contributed by atoms with Gasteiger partial charge in [0.2, 0.25) is 0 Å². The third-order valence-electron chi connectivity index (χ3n) is 2.57. The van der Waals surface area contributed by atoms with Gasteiger partial charge in [0.15, 0.2) is 0 Å². The third-order valence-corrected chi connectivity index (χ3v) is 4.24. The van der Waals surface area contributed by atoms with Crippen molar-refractivity contribution in [1.29, 1.82) is 0 Å². The minimum absolute atomic E-state index is 0.934. The summed E-state index contributed by atoms with van der Waals surface area (Å²) in [5, 5.41) is 4.31. The predicted octanol–water partition coefficient (Wildman–Crippen LogP) is 2.92. The first-order valence-corrected chi connectivity index (χ1v) is 7.38. The smallest absolute Gasteiger partial charge is 0.0605 e.